The second-order valence-corrected chi connectivity index (χ2v) is 8.83. The number of nitrogens with zero attached hydrogens (tertiary/aromatic N) is 3. The molecule has 1 aliphatic rings. The highest BCUT2D eigenvalue weighted by molar-refractivity contribution is 5.90. The van der Waals surface area contributed by atoms with E-state index in [2.05, 4.69) is 24.0 Å². The quantitative estimate of drug-likeness (QED) is 0.418. The lowest BCUT2D eigenvalue weighted by atomic mass is 10.1. The Kier molecular flexibility index (Phi) is 7.39. The van der Waals surface area contributed by atoms with Crippen LogP contribution in [0.1, 0.15) is 60.6 Å². The summed E-state index contributed by atoms with van der Waals surface area (Å²) < 4.78 is 25.5. The molecule has 0 atom stereocenters. The van der Waals surface area contributed by atoms with E-state index in [-0.39, 0.29) is 18.0 Å². The van der Waals surface area contributed by atoms with Crippen molar-refractivity contribution in [1.82, 2.24) is 15.1 Å². The molecule has 8 heteroatoms. The normalized spacial score (nSPS) is 13.7. The first-order chi connectivity index (χ1) is 16.9. The molecule has 1 saturated heterocycles. The van der Waals surface area contributed by atoms with E-state index in [4.69, 9.17) is 9.47 Å². The van der Waals surface area contributed by atoms with Gasteiger partial charge in [-0.15, -0.1) is 0 Å². The molecule has 0 spiro atoms. The van der Waals surface area contributed by atoms with Crippen LogP contribution in [0.15, 0.2) is 48.5 Å². The summed E-state index contributed by atoms with van der Waals surface area (Å²) in [6.45, 7) is 4.92. The van der Waals surface area contributed by atoms with Gasteiger partial charge >= 0.3 is 5.97 Å². The van der Waals surface area contributed by atoms with Crippen LogP contribution in [0.2, 0.25) is 0 Å². The van der Waals surface area contributed by atoms with E-state index in [1.165, 1.54) is 19.2 Å². The Morgan fingerprint density at radius 1 is 1.09 bits per heavy atom. The number of esters is 1. The zero-order valence-corrected chi connectivity index (χ0v) is 20.1. The Bertz CT molecular complexity index is 1210. The minimum Gasteiger partial charge on any atom is -0.465 e. The first-order valence-corrected chi connectivity index (χ1v) is 11.7. The second kappa shape index (κ2) is 10.6. The van der Waals surface area contributed by atoms with Gasteiger partial charge in [0.1, 0.15) is 17.3 Å². The van der Waals surface area contributed by atoms with Gasteiger partial charge in [0.2, 0.25) is 5.91 Å². The first kappa shape index (κ1) is 24.3. The number of aromatic nitrogens is 2. The highest BCUT2D eigenvalue weighted by Gasteiger charge is 2.23. The average Bonchev–Trinajstić information content (AvgIpc) is 2.87. The number of benzene rings is 2. The molecule has 7 nitrogen and oxygen atoms in total. The number of amides is 1. The van der Waals surface area contributed by atoms with Gasteiger partial charge in [-0.25, -0.2) is 9.18 Å². The molecule has 182 valence electrons. The SMILES string of the molecule is COC(=O)c1cc(Oc2ccc(-c3ccc(C(C)C)nn3)cc2)c(CN2CCCCC2=O)cc1F. The van der Waals surface area contributed by atoms with Gasteiger partial charge in [-0.2, -0.15) is 10.2 Å². The number of ether oxygens (including phenoxy) is 2. The molecule has 0 N–H and O–H groups in total. The summed E-state index contributed by atoms with van der Waals surface area (Å²) >= 11 is 0. The standard InChI is InChI=1S/C27H28FN3O4/c1-17(2)23-11-12-24(30-29-23)18-7-9-20(10-8-18)35-25-15-21(27(33)34-3)22(28)14-19(25)16-31-13-5-4-6-26(31)32/h7-12,14-15,17H,4-6,13,16H2,1-3H3. The number of piperidine rings is 1. The maximum absolute atomic E-state index is 14.7. The molecule has 35 heavy (non-hydrogen) atoms. The monoisotopic (exact) mass is 477 g/mol. The molecular formula is C27H28FN3O4. The molecule has 1 fully saturated rings. The third-order valence-electron chi connectivity index (χ3n) is 5.99. The molecule has 3 aromatic rings. The van der Waals surface area contributed by atoms with Crippen LogP contribution in [-0.2, 0) is 16.1 Å². The van der Waals surface area contributed by atoms with Gasteiger partial charge in [0, 0.05) is 30.6 Å². The Balaban J connectivity index is 1.60. The Morgan fingerprint density at radius 3 is 2.49 bits per heavy atom. The van der Waals surface area contributed by atoms with E-state index in [1.807, 2.05) is 24.3 Å². The summed E-state index contributed by atoms with van der Waals surface area (Å²) in [6.07, 6.45) is 2.22. The van der Waals surface area contributed by atoms with Gasteiger partial charge in [-0.05, 0) is 67.3 Å². The van der Waals surface area contributed by atoms with Crippen LogP contribution in [0.4, 0.5) is 4.39 Å². The van der Waals surface area contributed by atoms with Gasteiger partial charge in [-0.1, -0.05) is 13.8 Å². The smallest absolute Gasteiger partial charge is 0.340 e. The molecule has 1 aliphatic heterocycles. The third-order valence-corrected chi connectivity index (χ3v) is 5.99. The van der Waals surface area contributed by atoms with Crippen LogP contribution in [0.3, 0.4) is 0 Å². The van der Waals surface area contributed by atoms with E-state index < -0.39 is 11.8 Å². The van der Waals surface area contributed by atoms with Crippen molar-refractivity contribution in [2.45, 2.75) is 45.6 Å². The summed E-state index contributed by atoms with van der Waals surface area (Å²) in [5.41, 5.74) is 2.78. The number of likely N-dealkylation sites (tertiary alicyclic amines) is 1. The van der Waals surface area contributed by atoms with E-state index in [0.717, 1.165) is 29.8 Å². The van der Waals surface area contributed by atoms with Crippen LogP contribution >= 0.6 is 0 Å². The van der Waals surface area contributed by atoms with Crippen LogP contribution in [0, 0.1) is 5.82 Å². The molecular weight excluding hydrogens is 449 g/mol. The Morgan fingerprint density at radius 2 is 1.86 bits per heavy atom. The fraction of sp³-hybridized carbons (Fsp3) is 0.333. The molecule has 0 aliphatic carbocycles. The van der Waals surface area contributed by atoms with Crippen molar-refractivity contribution in [3.63, 3.8) is 0 Å². The van der Waals surface area contributed by atoms with Gasteiger partial charge in [0.05, 0.1) is 24.1 Å². The van der Waals surface area contributed by atoms with Crippen LogP contribution in [0.5, 0.6) is 11.5 Å². The van der Waals surface area contributed by atoms with E-state index in [0.29, 0.717) is 35.9 Å². The minimum atomic E-state index is -0.799. The number of methoxy groups -OCH3 is 1. The van der Waals surface area contributed by atoms with Crippen molar-refractivity contribution >= 4 is 11.9 Å². The zero-order chi connectivity index (χ0) is 24.9. The number of halogens is 1. The van der Waals surface area contributed by atoms with E-state index in [1.54, 1.807) is 17.0 Å². The highest BCUT2D eigenvalue weighted by Crippen LogP contribution is 2.32. The van der Waals surface area contributed by atoms with E-state index >= 15 is 0 Å². The van der Waals surface area contributed by atoms with Crippen molar-refractivity contribution in [2.75, 3.05) is 13.7 Å². The number of carbonyl (C=O) groups is 2. The van der Waals surface area contributed by atoms with E-state index in [9.17, 15) is 14.0 Å². The zero-order valence-electron chi connectivity index (χ0n) is 20.1. The molecule has 1 amide bonds. The van der Waals surface area contributed by atoms with Crippen LogP contribution in [0.25, 0.3) is 11.3 Å². The number of rotatable bonds is 7. The molecule has 1 aromatic heterocycles. The second-order valence-electron chi connectivity index (χ2n) is 8.83. The fourth-order valence-electron chi connectivity index (χ4n) is 3.94. The topological polar surface area (TPSA) is 81.6 Å². The number of carbonyl (C=O) groups excluding carboxylic acids is 2. The summed E-state index contributed by atoms with van der Waals surface area (Å²) in [7, 11) is 1.19. The summed E-state index contributed by atoms with van der Waals surface area (Å²) in [6, 6.07) is 13.7. The van der Waals surface area contributed by atoms with Gasteiger partial charge < -0.3 is 14.4 Å². The van der Waals surface area contributed by atoms with Crippen LogP contribution in [-0.4, -0.2) is 40.6 Å². The number of hydrogen-bond donors (Lipinski definition) is 0. The van der Waals surface area contributed by atoms with Crippen molar-refractivity contribution in [1.29, 1.82) is 0 Å². The lowest BCUT2D eigenvalue weighted by Crippen LogP contribution is -2.34. The third kappa shape index (κ3) is 5.65. The van der Waals surface area contributed by atoms with Crippen molar-refractivity contribution < 1.29 is 23.5 Å². The average molecular weight is 478 g/mol. The maximum Gasteiger partial charge on any atom is 0.340 e. The minimum absolute atomic E-state index is 0.0219. The Labute approximate surface area is 203 Å². The Hall–Kier alpha value is -3.81. The lowest BCUT2D eigenvalue weighted by molar-refractivity contribution is -0.133. The maximum atomic E-state index is 14.7. The molecule has 0 saturated carbocycles. The van der Waals surface area contributed by atoms with Gasteiger partial charge in [-0.3, -0.25) is 4.79 Å². The lowest BCUT2D eigenvalue weighted by Gasteiger charge is -2.27. The van der Waals surface area contributed by atoms with Crippen LogP contribution < -0.4 is 4.74 Å². The van der Waals surface area contributed by atoms with Crippen molar-refractivity contribution in [3.05, 3.63) is 71.2 Å². The first-order valence-electron chi connectivity index (χ1n) is 11.7. The number of hydrogen-bond acceptors (Lipinski definition) is 6. The summed E-state index contributed by atoms with van der Waals surface area (Å²) in [5.74, 6) is -0.414. The predicted molar refractivity (Wildman–Crippen MR) is 129 cm³/mol. The molecule has 0 radical (unpaired) electrons. The van der Waals surface area contributed by atoms with Crippen molar-refractivity contribution in [3.8, 4) is 22.8 Å². The summed E-state index contributed by atoms with van der Waals surface area (Å²) in [5, 5.41) is 8.57. The molecule has 0 bridgehead atoms. The fourth-order valence-corrected chi connectivity index (χ4v) is 3.94. The largest absolute Gasteiger partial charge is 0.465 e. The van der Waals surface area contributed by atoms with Gasteiger partial charge in [0.15, 0.2) is 0 Å². The molecule has 0 unspecified atom stereocenters. The molecule has 2 heterocycles. The molecule has 2 aromatic carbocycles. The highest BCUT2D eigenvalue weighted by atomic mass is 19.1. The predicted octanol–water partition coefficient (Wildman–Crippen LogP) is 5.50. The van der Waals surface area contributed by atoms with Crippen molar-refractivity contribution in [2.24, 2.45) is 0 Å². The molecule has 4 rings (SSSR count). The summed E-state index contributed by atoms with van der Waals surface area (Å²) in [4.78, 5) is 26.1. The van der Waals surface area contributed by atoms with Gasteiger partial charge in [0.25, 0.3) is 0 Å².